The molecule has 0 aliphatic heterocycles. The van der Waals surface area contributed by atoms with Crippen molar-refractivity contribution in [3.8, 4) is 22.8 Å². The topological polar surface area (TPSA) is 87.5 Å². The van der Waals surface area contributed by atoms with E-state index >= 15 is 0 Å². The minimum atomic E-state index is -1.19. The van der Waals surface area contributed by atoms with Gasteiger partial charge in [0.25, 0.3) is 0 Å². The molecule has 30 heavy (non-hydrogen) atoms. The van der Waals surface area contributed by atoms with E-state index in [1.54, 1.807) is 24.3 Å². The normalized spacial score (nSPS) is 13.1. The van der Waals surface area contributed by atoms with E-state index in [0.717, 1.165) is 10.9 Å². The van der Waals surface area contributed by atoms with E-state index in [4.69, 9.17) is 4.74 Å². The van der Waals surface area contributed by atoms with Gasteiger partial charge in [-0.25, -0.2) is 14.4 Å². The van der Waals surface area contributed by atoms with Crippen molar-refractivity contribution in [1.82, 2.24) is 9.97 Å². The van der Waals surface area contributed by atoms with Crippen LogP contribution in [0.3, 0.4) is 0 Å². The maximum Gasteiger partial charge on any atom is 0.225 e. The Hall–Kier alpha value is -3.55. The molecule has 3 aromatic carbocycles. The van der Waals surface area contributed by atoms with Crippen molar-refractivity contribution in [2.24, 2.45) is 0 Å². The summed E-state index contributed by atoms with van der Waals surface area (Å²) in [5, 5.41) is 23.0. The van der Waals surface area contributed by atoms with Gasteiger partial charge in [-0.05, 0) is 61.5 Å². The summed E-state index contributed by atoms with van der Waals surface area (Å²) < 4.78 is 18.8. The van der Waals surface area contributed by atoms with E-state index in [-0.39, 0.29) is 11.8 Å². The second-order valence-corrected chi connectivity index (χ2v) is 6.82. The highest BCUT2D eigenvalue weighted by molar-refractivity contribution is 5.93. The Morgan fingerprint density at radius 3 is 2.17 bits per heavy atom. The van der Waals surface area contributed by atoms with Gasteiger partial charge in [0, 0.05) is 10.9 Å². The molecule has 0 amide bonds. The molecule has 6 nitrogen and oxygen atoms in total. The van der Waals surface area contributed by atoms with Gasteiger partial charge < -0.3 is 20.3 Å². The quantitative estimate of drug-likeness (QED) is 0.414. The first kappa shape index (κ1) is 19.8. The summed E-state index contributed by atoms with van der Waals surface area (Å²) in [6.07, 6.45) is -2.17. The molecule has 152 valence electrons. The minimum Gasteiger partial charge on any atom is -0.457 e. The number of rotatable bonds is 6. The molecule has 0 spiro atoms. The van der Waals surface area contributed by atoms with Crippen LogP contribution in [-0.2, 0) is 0 Å². The highest BCUT2D eigenvalue weighted by atomic mass is 19.1. The fraction of sp³-hybridized carbons (Fsp3) is 0.130. The number of nitrogens with zero attached hydrogens (tertiary/aromatic N) is 2. The Kier molecular flexibility index (Phi) is 5.56. The minimum absolute atomic E-state index is 0.212. The van der Waals surface area contributed by atoms with Gasteiger partial charge in [-0.2, -0.15) is 0 Å². The zero-order chi connectivity index (χ0) is 21.1. The summed E-state index contributed by atoms with van der Waals surface area (Å²) in [7, 11) is 0. The Bertz CT molecular complexity index is 1150. The Morgan fingerprint density at radius 1 is 0.867 bits per heavy atom. The largest absolute Gasteiger partial charge is 0.457 e. The molecule has 0 fully saturated rings. The van der Waals surface area contributed by atoms with Crippen LogP contribution in [0.15, 0.2) is 72.8 Å². The van der Waals surface area contributed by atoms with Gasteiger partial charge >= 0.3 is 0 Å². The van der Waals surface area contributed by atoms with Crippen LogP contribution in [0.5, 0.6) is 11.5 Å². The number of aliphatic hydroxyl groups is 2. The molecule has 0 aliphatic carbocycles. The lowest BCUT2D eigenvalue weighted by molar-refractivity contribution is 0.0492. The first-order valence-corrected chi connectivity index (χ1v) is 9.43. The van der Waals surface area contributed by atoms with Crippen LogP contribution in [-0.4, -0.2) is 32.5 Å². The molecule has 1 heterocycles. The van der Waals surface area contributed by atoms with Crippen molar-refractivity contribution in [3.63, 3.8) is 0 Å². The zero-order valence-corrected chi connectivity index (χ0v) is 16.2. The number of aliphatic hydroxyl groups excluding tert-OH is 2. The van der Waals surface area contributed by atoms with E-state index in [9.17, 15) is 14.6 Å². The third kappa shape index (κ3) is 4.37. The van der Waals surface area contributed by atoms with E-state index in [1.807, 2.05) is 36.4 Å². The number of hydrogen-bond acceptors (Lipinski definition) is 6. The molecule has 0 aliphatic rings. The summed E-state index contributed by atoms with van der Waals surface area (Å²) >= 11 is 0. The maximum atomic E-state index is 13.0. The molecular formula is C23H20FN3O3. The third-order valence-electron chi connectivity index (χ3n) is 4.51. The summed E-state index contributed by atoms with van der Waals surface area (Å²) in [5.41, 5.74) is 2.21. The molecule has 0 saturated carbocycles. The molecule has 4 aromatic rings. The van der Waals surface area contributed by atoms with E-state index in [2.05, 4.69) is 15.3 Å². The standard InChI is InChI=1S/C23H20FN3O3/c1-14(28)22(29)27-23-25-20-5-3-2-4-19(20)21(26-23)15-6-10-17(11-7-15)30-18-12-8-16(24)9-13-18/h2-14,22,28-29H,1H3,(H,25,26,27). The predicted octanol–water partition coefficient (Wildman–Crippen LogP) is 4.34. The number of aromatic nitrogens is 2. The van der Waals surface area contributed by atoms with Gasteiger partial charge in [-0.1, -0.05) is 18.2 Å². The van der Waals surface area contributed by atoms with Gasteiger partial charge in [0.15, 0.2) is 6.23 Å². The van der Waals surface area contributed by atoms with Gasteiger partial charge in [-0.15, -0.1) is 0 Å². The molecule has 0 saturated heterocycles. The van der Waals surface area contributed by atoms with Crippen LogP contribution in [0.1, 0.15) is 6.92 Å². The van der Waals surface area contributed by atoms with E-state index < -0.39 is 12.3 Å². The van der Waals surface area contributed by atoms with Crippen molar-refractivity contribution in [3.05, 3.63) is 78.6 Å². The van der Waals surface area contributed by atoms with Gasteiger partial charge in [0.05, 0.1) is 17.3 Å². The number of anilines is 1. The first-order valence-electron chi connectivity index (χ1n) is 9.43. The van der Waals surface area contributed by atoms with E-state index in [1.165, 1.54) is 19.1 Å². The molecular weight excluding hydrogens is 385 g/mol. The van der Waals surface area contributed by atoms with Crippen molar-refractivity contribution in [1.29, 1.82) is 0 Å². The summed E-state index contributed by atoms with van der Waals surface area (Å²) in [6, 6.07) is 20.7. The number of hydrogen-bond donors (Lipinski definition) is 3. The summed E-state index contributed by atoms with van der Waals surface area (Å²) in [6.45, 7) is 1.47. The number of para-hydroxylation sites is 1. The lowest BCUT2D eigenvalue weighted by atomic mass is 10.1. The highest BCUT2D eigenvalue weighted by Gasteiger charge is 2.15. The van der Waals surface area contributed by atoms with Crippen LogP contribution in [0.2, 0.25) is 0 Å². The molecule has 2 unspecified atom stereocenters. The van der Waals surface area contributed by atoms with Crippen LogP contribution in [0, 0.1) is 5.82 Å². The van der Waals surface area contributed by atoms with Crippen LogP contribution in [0.25, 0.3) is 22.2 Å². The van der Waals surface area contributed by atoms with Crippen LogP contribution < -0.4 is 10.1 Å². The lowest BCUT2D eigenvalue weighted by Crippen LogP contribution is -2.31. The molecule has 3 N–H and O–H groups in total. The number of halogens is 1. The molecule has 7 heteroatoms. The number of fused-ring (bicyclic) bond motifs is 1. The predicted molar refractivity (Wildman–Crippen MR) is 113 cm³/mol. The molecule has 0 radical (unpaired) electrons. The monoisotopic (exact) mass is 405 g/mol. The molecule has 1 aromatic heterocycles. The third-order valence-corrected chi connectivity index (χ3v) is 4.51. The molecule has 0 bridgehead atoms. The fourth-order valence-corrected chi connectivity index (χ4v) is 2.93. The maximum absolute atomic E-state index is 13.0. The smallest absolute Gasteiger partial charge is 0.225 e. The van der Waals surface area contributed by atoms with E-state index in [0.29, 0.717) is 22.7 Å². The average molecular weight is 405 g/mol. The van der Waals surface area contributed by atoms with Gasteiger partial charge in [0.1, 0.15) is 17.3 Å². The molecule has 4 rings (SSSR count). The van der Waals surface area contributed by atoms with Crippen molar-refractivity contribution >= 4 is 16.9 Å². The van der Waals surface area contributed by atoms with Crippen molar-refractivity contribution in [2.75, 3.05) is 5.32 Å². The average Bonchev–Trinajstić information content (AvgIpc) is 2.75. The first-order chi connectivity index (χ1) is 14.5. The van der Waals surface area contributed by atoms with Crippen LogP contribution in [0.4, 0.5) is 10.3 Å². The Morgan fingerprint density at radius 2 is 1.50 bits per heavy atom. The Labute approximate surface area is 172 Å². The van der Waals surface area contributed by atoms with Crippen LogP contribution >= 0.6 is 0 Å². The van der Waals surface area contributed by atoms with Crippen molar-refractivity contribution < 1.29 is 19.3 Å². The molecule has 2 atom stereocenters. The second kappa shape index (κ2) is 8.44. The highest BCUT2D eigenvalue weighted by Crippen LogP contribution is 2.30. The fourth-order valence-electron chi connectivity index (χ4n) is 2.93. The summed E-state index contributed by atoms with van der Waals surface area (Å²) in [4.78, 5) is 8.96. The lowest BCUT2D eigenvalue weighted by Gasteiger charge is -2.16. The number of nitrogens with one attached hydrogen (secondary N) is 1. The SMILES string of the molecule is CC(O)C(O)Nc1nc(-c2ccc(Oc3ccc(F)cc3)cc2)c2ccccc2n1. The van der Waals surface area contributed by atoms with Gasteiger partial charge in [0.2, 0.25) is 5.95 Å². The van der Waals surface area contributed by atoms with Crippen molar-refractivity contribution in [2.45, 2.75) is 19.3 Å². The summed E-state index contributed by atoms with van der Waals surface area (Å²) in [5.74, 6) is 1.03. The number of benzene rings is 3. The van der Waals surface area contributed by atoms with Gasteiger partial charge in [-0.3, -0.25) is 0 Å². The Balaban J connectivity index is 1.66. The second-order valence-electron chi connectivity index (χ2n) is 6.82. The number of ether oxygens (including phenoxy) is 1. The zero-order valence-electron chi connectivity index (χ0n) is 16.2.